The van der Waals surface area contributed by atoms with Crippen LogP contribution in [0.2, 0.25) is 0 Å². The van der Waals surface area contributed by atoms with Crippen LogP contribution in [0.1, 0.15) is 15.9 Å². The zero-order valence-electron chi connectivity index (χ0n) is 16.5. The molecule has 150 valence electrons. The maximum absolute atomic E-state index is 12.8. The third-order valence-corrected chi connectivity index (χ3v) is 4.17. The summed E-state index contributed by atoms with van der Waals surface area (Å²) in [5.41, 5.74) is 1.34. The van der Waals surface area contributed by atoms with Crippen molar-refractivity contribution in [3.8, 4) is 23.0 Å². The van der Waals surface area contributed by atoms with Gasteiger partial charge in [0.05, 0.1) is 21.3 Å². The lowest BCUT2D eigenvalue weighted by atomic mass is 10.1. The highest BCUT2D eigenvalue weighted by Crippen LogP contribution is 2.38. The van der Waals surface area contributed by atoms with E-state index in [4.69, 9.17) is 18.9 Å². The van der Waals surface area contributed by atoms with Gasteiger partial charge in [0.15, 0.2) is 23.1 Å². The van der Waals surface area contributed by atoms with Crippen molar-refractivity contribution in [2.75, 3.05) is 26.6 Å². The number of anilines is 1. The summed E-state index contributed by atoms with van der Waals surface area (Å²) in [6.07, 6.45) is 1.58. The molecule has 0 spiro atoms. The number of aromatic nitrogens is 1. The van der Waals surface area contributed by atoms with E-state index in [2.05, 4.69) is 10.3 Å². The number of amides is 1. The Morgan fingerprint density at radius 3 is 2.21 bits per heavy atom. The molecule has 1 heterocycles. The van der Waals surface area contributed by atoms with Crippen molar-refractivity contribution in [2.45, 2.75) is 6.61 Å². The first-order chi connectivity index (χ1) is 14.2. The van der Waals surface area contributed by atoms with E-state index in [9.17, 15) is 4.79 Å². The highest BCUT2D eigenvalue weighted by atomic mass is 16.5. The third kappa shape index (κ3) is 4.76. The second kappa shape index (κ2) is 9.45. The predicted molar refractivity (Wildman–Crippen MR) is 109 cm³/mol. The number of ether oxygens (including phenoxy) is 4. The Balaban J connectivity index is 1.81. The molecule has 0 saturated carbocycles. The van der Waals surface area contributed by atoms with Crippen LogP contribution in [0.5, 0.6) is 23.0 Å². The van der Waals surface area contributed by atoms with Crippen LogP contribution in [0.3, 0.4) is 0 Å². The number of rotatable bonds is 8. The number of carbonyl (C=O) groups excluding carboxylic acids is 1. The largest absolute Gasteiger partial charge is 0.493 e. The van der Waals surface area contributed by atoms with E-state index in [1.54, 1.807) is 30.5 Å². The van der Waals surface area contributed by atoms with Crippen LogP contribution in [0.25, 0.3) is 0 Å². The van der Waals surface area contributed by atoms with E-state index in [0.717, 1.165) is 5.56 Å². The lowest BCUT2D eigenvalue weighted by Gasteiger charge is -2.15. The number of benzene rings is 2. The normalized spacial score (nSPS) is 10.2. The van der Waals surface area contributed by atoms with Crippen LogP contribution < -0.4 is 24.3 Å². The van der Waals surface area contributed by atoms with Gasteiger partial charge >= 0.3 is 0 Å². The van der Waals surface area contributed by atoms with E-state index in [0.29, 0.717) is 41.0 Å². The first kappa shape index (κ1) is 20.0. The second-order valence-corrected chi connectivity index (χ2v) is 5.99. The molecule has 1 amide bonds. The van der Waals surface area contributed by atoms with Gasteiger partial charge in [0.2, 0.25) is 5.75 Å². The quantitative estimate of drug-likeness (QED) is 0.623. The maximum Gasteiger partial charge on any atom is 0.257 e. The molecule has 0 aliphatic heterocycles. The van der Waals surface area contributed by atoms with Gasteiger partial charge in [0, 0.05) is 11.8 Å². The van der Waals surface area contributed by atoms with Gasteiger partial charge < -0.3 is 24.3 Å². The smallest absolute Gasteiger partial charge is 0.257 e. The maximum atomic E-state index is 12.8. The summed E-state index contributed by atoms with van der Waals surface area (Å²) in [6.45, 7) is 0.361. The number of pyridine rings is 1. The van der Waals surface area contributed by atoms with Crippen molar-refractivity contribution < 1.29 is 23.7 Å². The number of hydrogen-bond donors (Lipinski definition) is 1. The van der Waals surface area contributed by atoms with Gasteiger partial charge in [-0.25, -0.2) is 4.98 Å². The molecule has 7 nitrogen and oxygen atoms in total. The molecule has 1 aromatic heterocycles. The van der Waals surface area contributed by atoms with E-state index >= 15 is 0 Å². The summed E-state index contributed by atoms with van der Waals surface area (Å²) in [6, 6.07) is 16.4. The predicted octanol–water partition coefficient (Wildman–Crippen LogP) is 3.94. The van der Waals surface area contributed by atoms with Gasteiger partial charge in [-0.15, -0.1) is 0 Å². The monoisotopic (exact) mass is 394 g/mol. The number of hydrogen-bond acceptors (Lipinski definition) is 6. The van der Waals surface area contributed by atoms with Crippen molar-refractivity contribution in [3.63, 3.8) is 0 Å². The van der Waals surface area contributed by atoms with Crippen LogP contribution in [-0.2, 0) is 6.61 Å². The molecule has 0 fully saturated rings. The van der Waals surface area contributed by atoms with Gasteiger partial charge in [-0.1, -0.05) is 30.3 Å². The van der Waals surface area contributed by atoms with Crippen LogP contribution in [0.4, 0.5) is 5.82 Å². The minimum atomic E-state index is -0.382. The molecule has 0 aliphatic rings. The molecular formula is C22H22N2O5. The van der Waals surface area contributed by atoms with Crippen molar-refractivity contribution in [1.82, 2.24) is 4.98 Å². The van der Waals surface area contributed by atoms with Crippen LogP contribution in [-0.4, -0.2) is 32.2 Å². The molecule has 0 atom stereocenters. The number of methoxy groups -OCH3 is 3. The average molecular weight is 394 g/mol. The Hall–Kier alpha value is -3.74. The first-order valence-electron chi connectivity index (χ1n) is 8.89. The van der Waals surface area contributed by atoms with Crippen LogP contribution >= 0.6 is 0 Å². The fourth-order valence-corrected chi connectivity index (χ4v) is 2.73. The van der Waals surface area contributed by atoms with E-state index < -0.39 is 0 Å². The molecule has 7 heteroatoms. The van der Waals surface area contributed by atoms with Crippen LogP contribution in [0, 0.1) is 0 Å². The lowest BCUT2D eigenvalue weighted by molar-refractivity contribution is 0.102. The van der Waals surface area contributed by atoms with Gasteiger partial charge in [-0.05, 0) is 29.8 Å². The average Bonchev–Trinajstić information content (AvgIpc) is 2.78. The summed E-state index contributed by atoms with van der Waals surface area (Å²) >= 11 is 0. The second-order valence-electron chi connectivity index (χ2n) is 5.99. The molecule has 0 bridgehead atoms. The molecule has 29 heavy (non-hydrogen) atoms. The summed E-state index contributed by atoms with van der Waals surface area (Å²) in [7, 11) is 4.49. The molecule has 3 rings (SSSR count). The van der Waals surface area contributed by atoms with Gasteiger partial charge in [-0.2, -0.15) is 0 Å². The molecule has 3 aromatic rings. The number of nitrogens with one attached hydrogen (secondary N) is 1. The molecule has 2 aromatic carbocycles. The third-order valence-electron chi connectivity index (χ3n) is 4.17. The summed E-state index contributed by atoms with van der Waals surface area (Å²) < 4.78 is 21.7. The summed E-state index contributed by atoms with van der Waals surface area (Å²) in [5.74, 6) is 1.60. The molecule has 0 aliphatic carbocycles. The number of nitrogens with zero attached hydrogens (tertiary/aromatic N) is 1. The van der Waals surface area contributed by atoms with Crippen molar-refractivity contribution in [2.24, 2.45) is 0 Å². The molecule has 1 N–H and O–H groups in total. The van der Waals surface area contributed by atoms with Crippen molar-refractivity contribution >= 4 is 11.7 Å². The standard InChI is InChI=1S/C22H22N2O5/c1-26-18-12-16(13-19(27-2)20(18)28-3)22(25)24-21-17(10-7-11-23-21)29-14-15-8-5-4-6-9-15/h4-13H,14H2,1-3H3,(H,23,24,25). The van der Waals surface area contributed by atoms with Gasteiger partial charge in [0.1, 0.15) is 6.61 Å². The van der Waals surface area contributed by atoms with Crippen LogP contribution in [0.15, 0.2) is 60.8 Å². The Morgan fingerprint density at radius 2 is 1.59 bits per heavy atom. The topological polar surface area (TPSA) is 78.9 Å². The Kier molecular flexibility index (Phi) is 6.52. The van der Waals surface area contributed by atoms with Gasteiger partial charge in [0.25, 0.3) is 5.91 Å². The van der Waals surface area contributed by atoms with E-state index in [1.165, 1.54) is 21.3 Å². The highest BCUT2D eigenvalue weighted by molar-refractivity contribution is 6.05. The summed E-state index contributed by atoms with van der Waals surface area (Å²) in [4.78, 5) is 17.0. The Morgan fingerprint density at radius 1 is 0.897 bits per heavy atom. The molecule has 0 unspecified atom stereocenters. The fourth-order valence-electron chi connectivity index (χ4n) is 2.73. The molecular weight excluding hydrogens is 372 g/mol. The van der Waals surface area contributed by atoms with Crippen molar-refractivity contribution in [1.29, 1.82) is 0 Å². The minimum Gasteiger partial charge on any atom is -0.493 e. The summed E-state index contributed by atoms with van der Waals surface area (Å²) in [5, 5.41) is 2.78. The SMILES string of the molecule is COc1cc(C(=O)Nc2ncccc2OCc2ccccc2)cc(OC)c1OC. The number of carbonyl (C=O) groups is 1. The zero-order chi connectivity index (χ0) is 20.6. The molecule has 0 saturated heterocycles. The lowest BCUT2D eigenvalue weighted by Crippen LogP contribution is -2.14. The van der Waals surface area contributed by atoms with E-state index in [1.807, 2.05) is 30.3 Å². The minimum absolute atomic E-state index is 0.321. The molecule has 0 radical (unpaired) electrons. The zero-order valence-corrected chi connectivity index (χ0v) is 16.5. The fraction of sp³-hybridized carbons (Fsp3) is 0.182. The Bertz CT molecular complexity index is 951. The van der Waals surface area contributed by atoms with E-state index in [-0.39, 0.29) is 5.91 Å². The van der Waals surface area contributed by atoms with Gasteiger partial charge in [-0.3, -0.25) is 4.79 Å². The van der Waals surface area contributed by atoms with Crippen molar-refractivity contribution in [3.05, 3.63) is 71.9 Å². The first-order valence-corrected chi connectivity index (χ1v) is 8.89. The highest BCUT2D eigenvalue weighted by Gasteiger charge is 2.18. The Labute approximate surface area is 169 Å².